The summed E-state index contributed by atoms with van der Waals surface area (Å²) in [5, 5.41) is 6.23. The van der Waals surface area contributed by atoms with Crippen LogP contribution < -0.4 is 10.6 Å². The Labute approximate surface area is 114 Å². The van der Waals surface area contributed by atoms with Crippen LogP contribution in [0.4, 0.5) is 11.4 Å². The molecule has 0 spiro atoms. The Hall–Kier alpha value is -1.16. The number of benzene rings is 1. The van der Waals surface area contributed by atoms with Crippen LogP contribution in [0, 0.1) is 5.92 Å². The van der Waals surface area contributed by atoms with Crippen LogP contribution in [0.25, 0.3) is 0 Å². The first-order chi connectivity index (χ1) is 8.63. The molecule has 18 heavy (non-hydrogen) atoms. The number of hydrogen-bond donors (Lipinski definition) is 2. The van der Waals surface area contributed by atoms with Gasteiger partial charge in [0.15, 0.2) is 0 Å². The highest BCUT2D eigenvalue weighted by Gasteiger charge is 2.06. The summed E-state index contributed by atoms with van der Waals surface area (Å²) in [6, 6.07) is 7.85. The molecule has 0 heterocycles. The minimum atomic E-state index is 0.00865. The second kappa shape index (κ2) is 8.03. The summed E-state index contributed by atoms with van der Waals surface area (Å²) in [7, 11) is 0. The zero-order valence-electron chi connectivity index (χ0n) is 11.3. The van der Waals surface area contributed by atoms with Crippen molar-refractivity contribution in [2.45, 2.75) is 20.3 Å². The predicted octanol–water partition coefficient (Wildman–Crippen LogP) is 3.45. The number of anilines is 2. The summed E-state index contributed by atoms with van der Waals surface area (Å²) < 4.78 is 0. The van der Waals surface area contributed by atoms with Gasteiger partial charge < -0.3 is 10.6 Å². The maximum atomic E-state index is 11.5. The first kappa shape index (κ1) is 14.9. The van der Waals surface area contributed by atoms with Crippen LogP contribution in [-0.4, -0.2) is 24.5 Å². The van der Waals surface area contributed by atoms with Crippen LogP contribution in [0.5, 0.6) is 0 Å². The molecule has 0 saturated heterocycles. The molecule has 4 heteroatoms. The van der Waals surface area contributed by atoms with E-state index >= 15 is 0 Å². The normalized spacial score (nSPS) is 10.4. The van der Waals surface area contributed by atoms with Gasteiger partial charge in [-0.1, -0.05) is 13.8 Å². The fourth-order valence-electron chi connectivity index (χ4n) is 1.41. The van der Waals surface area contributed by atoms with Crippen LogP contribution in [0.3, 0.4) is 0 Å². The van der Waals surface area contributed by atoms with Gasteiger partial charge in [0.1, 0.15) is 0 Å². The standard InChI is InChI=1S/C14H22N2OS/c1-11(2)14(17)16-13-7-5-12(6-8-13)15-9-4-10-18-3/h5-8,11,15H,4,9-10H2,1-3H3,(H,16,17). The topological polar surface area (TPSA) is 41.1 Å². The number of carbonyl (C=O) groups excluding carboxylic acids is 1. The van der Waals surface area contributed by atoms with Crippen molar-refractivity contribution >= 4 is 29.0 Å². The van der Waals surface area contributed by atoms with Gasteiger partial charge in [-0.25, -0.2) is 0 Å². The van der Waals surface area contributed by atoms with E-state index in [1.807, 2.05) is 49.9 Å². The third kappa shape index (κ3) is 5.45. The number of amides is 1. The summed E-state index contributed by atoms with van der Waals surface area (Å²) in [6.07, 6.45) is 3.28. The Balaban J connectivity index is 2.40. The van der Waals surface area contributed by atoms with Gasteiger partial charge in [-0.2, -0.15) is 11.8 Å². The summed E-state index contributed by atoms with van der Waals surface area (Å²) in [5.74, 6) is 1.24. The van der Waals surface area contributed by atoms with E-state index in [2.05, 4.69) is 16.9 Å². The minimum absolute atomic E-state index is 0.00865. The Morgan fingerprint density at radius 1 is 1.22 bits per heavy atom. The number of carbonyl (C=O) groups is 1. The quantitative estimate of drug-likeness (QED) is 0.743. The number of rotatable bonds is 7. The van der Waals surface area contributed by atoms with E-state index in [9.17, 15) is 4.79 Å². The van der Waals surface area contributed by atoms with Crippen molar-refractivity contribution in [3.8, 4) is 0 Å². The van der Waals surface area contributed by atoms with Crippen molar-refractivity contribution in [2.75, 3.05) is 29.2 Å². The van der Waals surface area contributed by atoms with Gasteiger partial charge >= 0.3 is 0 Å². The van der Waals surface area contributed by atoms with Crippen LogP contribution in [0.15, 0.2) is 24.3 Å². The second-order valence-electron chi connectivity index (χ2n) is 4.49. The fourth-order valence-corrected chi connectivity index (χ4v) is 1.84. The molecular weight excluding hydrogens is 244 g/mol. The monoisotopic (exact) mass is 266 g/mol. The molecule has 0 saturated carbocycles. The van der Waals surface area contributed by atoms with Crippen LogP contribution in [0.1, 0.15) is 20.3 Å². The Bertz CT molecular complexity index is 363. The number of hydrogen-bond acceptors (Lipinski definition) is 3. The van der Waals surface area contributed by atoms with E-state index in [-0.39, 0.29) is 11.8 Å². The summed E-state index contributed by atoms with van der Waals surface area (Å²) in [5.41, 5.74) is 1.95. The van der Waals surface area contributed by atoms with Crippen molar-refractivity contribution in [2.24, 2.45) is 5.92 Å². The molecule has 0 atom stereocenters. The van der Waals surface area contributed by atoms with Crippen LogP contribution in [-0.2, 0) is 4.79 Å². The van der Waals surface area contributed by atoms with Gasteiger partial charge in [-0.05, 0) is 42.7 Å². The zero-order chi connectivity index (χ0) is 13.4. The molecule has 0 aliphatic rings. The smallest absolute Gasteiger partial charge is 0.226 e. The van der Waals surface area contributed by atoms with E-state index in [0.29, 0.717) is 0 Å². The van der Waals surface area contributed by atoms with Gasteiger partial charge in [0, 0.05) is 23.8 Å². The molecule has 0 aliphatic carbocycles. The number of thioether (sulfide) groups is 1. The first-order valence-electron chi connectivity index (χ1n) is 6.27. The molecule has 0 unspecified atom stereocenters. The van der Waals surface area contributed by atoms with Gasteiger partial charge in [-0.15, -0.1) is 0 Å². The molecule has 3 nitrogen and oxygen atoms in total. The molecule has 0 bridgehead atoms. The van der Waals surface area contributed by atoms with E-state index < -0.39 is 0 Å². The molecular formula is C14H22N2OS. The molecule has 0 fully saturated rings. The maximum Gasteiger partial charge on any atom is 0.226 e. The largest absolute Gasteiger partial charge is 0.385 e. The van der Waals surface area contributed by atoms with Crippen molar-refractivity contribution < 1.29 is 4.79 Å². The summed E-state index contributed by atoms with van der Waals surface area (Å²) in [4.78, 5) is 11.5. The molecule has 100 valence electrons. The highest BCUT2D eigenvalue weighted by Crippen LogP contribution is 2.14. The third-order valence-corrected chi connectivity index (χ3v) is 3.23. The van der Waals surface area contributed by atoms with E-state index in [1.165, 1.54) is 5.75 Å². The molecule has 2 N–H and O–H groups in total. The minimum Gasteiger partial charge on any atom is -0.385 e. The van der Waals surface area contributed by atoms with E-state index in [4.69, 9.17) is 0 Å². The number of nitrogens with one attached hydrogen (secondary N) is 2. The maximum absolute atomic E-state index is 11.5. The molecule has 1 rings (SSSR count). The van der Waals surface area contributed by atoms with Gasteiger partial charge in [0.2, 0.25) is 5.91 Å². The zero-order valence-corrected chi connectivity index (χ0v) is 12.1. The lowest BCUT2D eigenvalue weighted by atomic mass is 10.2. The summed E-state index contributed by atoms with van der Waals surface area (Å²) in [6.45, 7) is 4.76. The Kier molecular flexibility index (Phi) is 6.65. The first-order valence-corrected chi connectivity index (χ1v) is 7.66. The van der Waals surface area contributed by atoms with Gasteiger partial charge in [0.25, 0.3) is 0 Å². The van der Waals surface area contributed by atoms with Crippen LogP contribution >= 0.6 is 11.8 Å². The summed E-state index contributed by atoms with van der Waals surface area (Å²) >= 11 is 1.86. The Morgan fingerprint density at radius 2 is 1.83 bits per heavy atom. The van der Waals surface area contributed by atoms with Crippen molar-refractivity contribution in [3.05, 3.63) is 24.3 Å². The molecule has 0 aliphatic heterocycles. The van der Waals surface area contributed by atoms with Crippen molar-refractivity contribution in [1.82, 2.24) is 0 Å². The molecule has 1 amide bonds. The molecule has 0 radical (unpaired) electrons. The lowest BCUT2D eigenvalue weighted by molar-refractivity contribution is -0.118. The Morgan fingerprint density at radius 3 is 2.39 bits per heavy atom. The molecule has 1 aromatic rings. The lowest BCUT2D eigenvalue weighted by Gasteiger charge is -2.09. The lowest BCUT2D eigenvalue weighted by Crippen LogP contribution is -2.17. The highest BCUT2D eigenvalue weighted by atomic mass is 32.2. The fraction of sp³-hybridized carbons (Fsp3) is 0.500. The predicted molar refractivity (Wildman–Crippen MR) is 81.4 cm³/mol. The van der Waals surface area contributed by atoms with Gasteiger partial charge in [-0.3, -0.25) is 4.79 Å². The van der Waals surface area contributed by atoms with Crippen molar-refractivity contribution in [1.29, 1.82) is 0 Å². The third-order valence-electron chi connectivity index (χ3n) is 2.53. The SMILES string of the molecule is CSCCCNc1ccc(NC(=O)C(C)C)cc1. The van der Waals surface area contributed by atoms with E-state index in [1.54, 1.807) is 0 Å². The average molecular weight is 266 g/mol. The van der Waals surface area contributed by atoms with Crippen LogP contribution in [0.2, 0.25) is 0 Å². The average Bonchev–Trinajstić information content (AvgIpc) is 2.36. The second-order valence-corrected chi connectivity index (χ2v) is 5.48. The molecule has 1 aromatic carbocycles. The highest BCUT2D eigenvalue weighted by molar-refractivity contribution is 7.98. The van der Waals surface area contributed by atoms with E-state index in [0.717, 1.165) is 24.3 Å². The van der Waals surface area contributed by atoms with Crippen molar-refractivity contribution in [3.63, 3.8) is 0 Å². The molecule has 0 aromatic heterocycles. The van der Waals surface area contributed by atoms with Gasteiger partial charge in [0.05, 0.1) is 0 Å².